The number of hydrogen-bond donors (Lipinski definition) is 0. The van der Waals surface area contributed by atoms with Gasteiger partial charge in [-0.3, -0.25) is 0 Å². The zero-order valence-corrected chi connectivity index (χ0v) is 24.2. The Hall–Kier alpha value is -1.91. The Morgan fingerprint density at radius 3 is 2.28 bits per heavy atom. The highest BCUT2D eigenvalue weighted by Gasteiger charge is 2.50. The van der Waals surface area contributed by atoms with Crippen molar-refractivity contribution in [3.63, 3.8) is 0 Å². The number of ether oxygens (including phenoxy) is 2. The van der Waals surface area contributed by atoms with Crippen LogP contribution in [0.3, 0.4) is 0 Å². The van der Waals surface area contributed by atoms with Gasteiger partial charge in [0.2, 0.25) is 0 Å². The highest BCUT2D eigenvalue weighted by Crippen LogP contribution is 2.39. The molecule has 1 aromatic rings. The maximum atomic E-state index is 12.4. The zero-order valence-electron chi connectivity index (χ0n) is 24.2. The highest BCUT2D eigenvalue weighted by atomic mass is 16.6. The molecule has 1 aliphatic carbocycles. The Labute approximate surface area is 233 Å². The van der Waals surface area contributed by atoms with E-state index in [4.69, 9.17) is 19.0 Å². The number of amides is 1. The van der Waals surface area contributed by atoms with Gasteiger partial charge >= 0.3 is 12.1 Å². The Kier molecular flexibility index (Phi) is 8.06. The van der Waals surface area contributed by atoms with Crippen LogP contribution in [0.1, 0.15) is 96.7 Å². The van der Waals surface area contributed by atoms with E-state index in [1.54, 1.807) is 4.90 Å². The van der Waals surface area contributed by atoms with Crippen LogP contribution in [-0.2, 0) is 9.47 Å². The van der Waals surface area contributed by atoms with Crippen LogP contribution in [0, 0.1) is 5.92 Å². The molecule has 0 aromatic carbocycles. The lowest BCUT2D eigenvalue weighted by Crippen LogP contribution is -2.61. The lowest BCUT2D eigenvalue weighted by Gasteiger charge is -2.47. The van der Waals surface area contributed by atoms with Crippen molar-refractivity contribution in [2.75, 3.05) is 50.8 Å². The molecule has 0 radical (unpaired) electrons. The van der Waals surface area contributed by atoms with Crippen molar-refractivity contribution in [1.82, 2.24) is 25.1 Å². The van der Waals surface area contributed by atoms with Crippen molar-refractivity contribution < 1.29 is 18.8 Å². The van der Waals surface area contributed by atoms with Gasteiger partial charge in [-0.25, -0.2) is 14.8 Å². The largest absolute Gasteiger partial charge is 0.444 e. The van der Waals surface area contributed by atoms with E-state index in [0.717, 1.165) is 51.4 Å². The van der Waals surface area contributed by atoms with Crippen LogP contribution in [-0.4, -0.2) is 101 Å². The number of likely N-dealkylation sites (tertiary alicyclic amines) is 1. The number of nitrogens with zero attached hydrogens (tertiary/aromatic N) is 6. The molecule has 1 saturated carbocycles. The zero-order chi connectivity index (χ0) is 27.0. The summed E-state index contributed by atoms with van der Waals surface area (Å²) in [5.74, 6) is 1.68. The van der Waals surface area contributed by atoms with Crippen LogP contribution in [0.4, 0.5) is 10.8 Å². The average Bonchev–Trinajstić information content (AvgIpc) is 3.48. The van der Waals surface area contributed by atoms with Crippen molar-refractivity contribution in [3.8, 4) is 0 Å². The highest BCUT2D eigenvalue weighted by molar-refractivity contribution is 5.68. The SMILES string of the molecule is CC(C)(C)OC(=O)N1CCC(c2noc(N3CCC4CN(C5CCCCCCC5)N(C5COC5)C4C3)n2)CC1. The fraction of sp³-hybridized carbons (Fsp3) is 0.897. The number of hydrazine groups is 1. The van der Waals surface area contributed by atoms with Gasteiger partial charge in [-0.05, 0) is 58.8 Å². The van der Waals surface area contributed by atoms with Crippen LogP contribution >= 0.6 is 0 Å². The van der Waals surface area contributed by atoms with Gasteiger partial charge in [0.1, 0.15) is 5.60 Å². The molecular formula is C29H48N6O4. The third-order valence-corrected chi connectivity index (χ3v) is 9.48. The molecule has 6 rings (SSSR count). The van der Waals surface area contributed by atoms with Gasteiger partial charge in [-0.15, -0.1) is 0 Å². The van der Waals surface area contributed by atoms with Crippen molar-refractivity contribution >= 4 is 12.1 Å². The van der Waals surface area contributed by atoms with Crippen molar-refractivity contribution in [1.29, 1.82) is 0 Å². The molecule has 0 N–H and O–H groups in total. The number of hydrogen-bond acceptors (Lipinski definition) is 9. The second-order valence-corrected chi connectivity index (χ2v) is 13.4. The molecule has 0 spiro atoms. The quantitative estimate of drug-likeness (QED) is 0.546. The molecule has 0 bridgehead atoms. The predicted octanol–water partition coefficient (Wildman–Crippen LogP) is 4.42. The molecule has 5 aliphatic rings. The predicted molar refractivity (Wildman–Crippen MR) is 147 cm³/mol. The van der Waals surface area contributed by atoms with Crippen molar-refractivity contribution in [2.45, 2.75) is 115 Å². The van der Waals surface area contributed by atoms with Crippen LogP contribution in [0.15, 0.2) is 4.52 Å². The number of carbonyl (C=O) groups excluding carboxylic acids is 1. The van der Waals surface area contributed by atoms with Gasteiger partial charge in [0.15, 0.2) is 5.82 Å². The molecule has 2 unspecified atom stereocenters. The first-order chi connectivity index (χ1) is 18.9. The second-order valence-electron chi connectivity index (χ2n) is 13.4. The van der Waals surface area contributed by atoms with Crippen molar-refractivity contribution in [2.24, 2.45) is 5.92 Å². The molecule has 218 valence electrons. The minimum atomic E-state index is -0.476. The standard InChI is InChI=1S/C29H48N6O4/c1-29(2,3)38-28(36)32-14-11-21(12-15-32)26-30-27(39-31-26)33-16-13-22-17-34(23-9-7-5-4-6-8-10-23)35(25(22)18-33)24-19-37-20-24/h21-25H,4-20H2,1-3H3. The first-order valence-electron chi connectivity index (χ1n) is 15.5. The molecule has 10 nitrogen and oxygen atoms in total. The molecule has 10 heteroatoms. The van der Waals surface area contributed by atoms with E-state index in [9.17, 15) is 4.79 Å². The topological polar surface area (TPSA) is 87.4 Å². The second kappa shape index (κ2) is 11.5. The molecular weight excluding hydrogens is 496 g/mol. The molecule has 5 heterocycles. The normalized spacial score (nSPS) is 29.1. The van der Waals surface area contributed by atoms with Crippen LogP contribution in [0.25, 0.3) is 0 Å². The smallest absolute Gasteiger partial charge is 0.410 e. The monoisotopic (exact) mass is 544 g/mol. The van der Waals surface area contributed by atoms with E-state index in [2.05, 4.69) is 20.1 Å². The number of fused-ring (bicyclic) bond motifs is 1. The summed E-state index contributed by atoms with van der Waals surface area (Å²) in [5, 5.41) is 9.92. The lowest BCUT2D eigenvalue weighted by atomic mass is 9.92. The van der Waals surface area contributed by atoms with E-state index in [1.165, 1.54) is 51.5 Å². The molecule has 2 atom stereocenters. The van der Waals surface area contributed by atoms with Gasteiger partial charge < -0.3 is 23.8 Å². The van der Waals surface area contributed by atoms with E-state index < -0.39 is 5.60 Å². The minimum absolute atomic E-state index is 0.212. The van der Waals surface area contributed by atoms with Crippen LogP contribution < -0.4 is 4.90 Å². The van der Waals surface area contributed by atoms with Gasteiger partial charge in [-0.2, -0.15) is 4.98 Å². The Morgan fingerprint density at radius 1 is 0.897 bits per heavy atom. The summed E-state index contributed by atoms with van der Waals surface area (Å²) in [6.45, 7) is 11.8. The summed E-state index contributed by atoms with van der Waals surface area (Å²) in [5.41, 5.74) is -0.476. The molecule has 1 aromatic heterocycles. The fourth-order valence-corrected chi connectivity index (χ4v) is 7.29. The van der Waals surface area contributed by atoms with Gasteiger partial charge in [0.05, 0.1) is 19.3 Å². The summed E-state index contributed by atoms with van der Waals surface area (Å²) in [6.07, 6.45) is 12.1. The molecule has 5 fully saturated rings. The van der Waals surface area contributed by atoms with Gasteiger partial charge in [0.25, 0.3) is 0 Å². The molecule has 4 aliphatic heterocycles. The summed E-state index contributed by atoms with van der Waals surface area (Å²) in [7, 11) is 0. The average molecular weight is 545 g/mol. The Bertz CT molecular complexity index is 961. The summed E-state index contributed by atoms with van der Waals surface area (Å²) in [4.78, 5) is 21.5. The van der Waals surface area contributed by atoms with E-state index in [1.807, 2.05) is 20.8 Å². The lowest BCUT2D eigenvalue weighted by molar-refractivity contribution is -0.163. The number of anilines is 1. The summed E-state index contributed by atoms with van der Waals surface area (Å²) < 4.78 is 17.1. The molecule has 1 amide bonds. The van der Waals surface area contributed by atoms with Gasteiger partial charge in [0, 0.05) is 50.7 Å². The number of carbonyl (C=O) groups is 1. The number of aromatic nitrogens is 2. The summed E-state index contributed by atoms with van der Waals surface area (Å²) >= 11 is 0. The van der Waals surface area contributed by atoms with Crippen LogP contribution in [0.2, 0.25) is 0 Å². The third kappa shape index (κ3) is 6.07. The molecule has 39 heavy (non-hydrogen) atoms. The summed E-state index contributed by atoms with van der Waals surface area (Å²) in [6, 6.07) is 2.31. The van der Waals surface area contributed by atoms with E-state index >= 15 is 0 Å². The first kappa shape index (κ1) is 27.3. The van der Waals surface area contributed by atoms with Crippen molar-refractivity contribution in [3.05, 3.63) is 5.82 Å². The fourth-order valence-electron chi connectivity index (χ4n) is 7.29. The number of piperidine rings is 2. The van der Waals surface area contributed by atoms with E-state index in [-0.39, 0.29) is 12.0 Å². The number of rotatable bonds is 4. The molecule has 4 saturated heterocycles. The maximum absolute atomic E-state index is 12.4. The Balaban J connectivity index is 1.08. The third-order valence-electron chi connectivity index (χ3n) is 9.48. The first-order valence-corrected chi connectivity index (χ1v) is 15.5. The van der Waals surface area contributed by atoms with Crippen LogP contribution in [0.5, 0.6) is 0 Å². The van der Waals surface area contributed by atoms with Gasteiger partial charge in [-0.1, -0.05) is 37.3 Å². The maximum Gasteiger partial charge on any atom is 0.410 e. The van der Waals surface area contributed by atoms with E-state index in [0.29, 0.717) is 43.1 Å². The Morgan fingerprint density at radius 2 is 1.62 bits per heavy atom. The minimum Gasteiger partial charge on any atom is -0.444 e.